The van der Waals surface area contributed by atoms with Crippen LogP contribution in [0.15, 0.2) is 18.3 Å². The van der Waals surface area contributed by atoms with Gasteiger partial charge in [0.15, 0.2) is 0 Å². The number of piperidine rings is 1. The Bertz CT molecular complexity index is 367. The molecule has 0 saturated carbocycles. The number of hydrogen-bond acceptors (Lipinski definition) is 3. The molecule has 1 aliphatic heterocycles. The van der Waals surface area contributed by atoms with Gasteiger partial charge in [0, 0.05) is 30.4 Å². The molecule has 1 aromatic rings. The number of hydrogen-bond donors (Lipinski definition) is 1. The van der Waals surface area contributed by atoms with E-state index in [0.29, 0.717) is 5.92 Å². The first-order chi connectivity index (χ1) is 8.15. The second-order valence-corrected chi connectivity index (χ2v) is 5.40. The van der Waals surface area contributed by atoms with Crippen molar-refractivity contribution in [1.29, 1.82) is 0 Å². The molecule has 2 unspecified atom stereocenters. The van der Waals surface area contributed by atoms with Gasteiger partial charge < -0.3 is 5.73 Å². The van der Waals surface area contributed by atoms with Gasteiger partial charge in [0.05, 0.1) is 5.69 Å². The number of halogens is 1. The van der Waals surface area contributed by atoms with Crippen LogP contribution >= 0.6 is 11.6 Å². The van der Waals surface area contributed by atoms with E-state index in [0.717, 1.165) is 30.4 Å². The van der Waals surface area contributed by atoms with Crippen molar-refractivity contribution in [3.05, 3.63) is 29.0 Å². The predicted molar refractivity (Wildman–Crippen MR) is 70.9 cm³/mol. The highest BCUT2D eigenvalue weighted by Crippen LogP contribution is 2.20. The largest absolute Gasteiger partial charge is 0.328 e. The van der Waals surface area contributed by atoms with Gasteiger partial charge >= 0.3 is 0 Å². The molecule has 0 aliphatic carbocycles. The van der Waals surface area contributed by atoms with Crippen LogP contribution in [0.5, 0.6) is 0 Å². The highest BCUT2D eigenvalue weighted by molar-refractivity contribution is 6.30. The van der Waals surface area contributed by atoms with E-state index in [4.69, 9.17) is 17.3 Å². The van der Waals surface area contributed by atoms with Crippen LogP contribution in [-0.4, -0.2) is 29.0 Å². The smallest absolute Gasteiger partial charge is 0.0558 e. The summed E-state index contributed by atoms with van der Waals surface area (Å²) in [6.07, 6.45) is 4.24. The predicted octanol–water partition coefficient (Wildman–Crippen LogP) is 2.29. The number of nitrogens with zero attached hydrogens (tertiary/aromatic N) is 2. The second-order valence-electron chi connectivity index (χ2n) is 4.96. The molecule has 3 nitrogen and oxygen atoms in total. The Labute approximate surface area is 108 Å². The Morgan fingerprint density at radius 3 is 3.18 bits per heavy atom. The van der Waals surface area contributed by atoms with E-state index in [2.05, 4.69) is 16.8 Å². The topological polar surface area (TPSA) is 42.1 Å². The standard InChI is InChI=1S/C13H20ClN3/c1-10(15)11-3-2-6-17(8-11)9-13-7-12(14)4-5-16-13/h4-5,7,10-11H,2-3,6,8-9,15H2,1H3. The summed E-state index contributed by atoms with van der Waals surface area (Å²) < 4.78 is 0. The minimum Gasteiger partial charge on any atom is -0.328 e. The molecule has 4 heteroatoms. The van der Waals surface area contributed by atoms with Gasteiger partial charge in [-0.25, -0.2) is 0 Å². The molecule has 0 radical (unpaired) electrons. The van der Waals surface area contributed by atoms with E-state index >= 15 is 0 Å². The van der Waals surface area contributed by atoms with Crippen LogP contribution in [0, 0.1) is 5.92 Å². The fourth-order valence-electron chi connectivity index (χ4n) is 2.43. The molecule has 17 heavy (non-hydrogen) atoms. The molecule has 2 N–H and O–H groups in total. The molecule has 1 saturated heterocycles. The van der Waals surface area contributed by atoms with Crippen molar-refractivity contribution in [3.8, 4) is 0 Å². The third-order valence-electron chi connectivity index (χ3n) is 3.45. The van der Waals surface area contributed by atoms with Crippen LogP contribution < -0.4 is 5.73 Å². The van der Waals surface area contributed by atoms with Crippen molar-refractivity contribution in [2.24, 2.45) is 11.7 Å². The maximum absolute atomic E-state index is 5.98. The number of likely N-dealkylation sites (tertiary alicyclic amines) is 1. The molecule has 0 amide bonds. The summed E-state index contributed by atoms with van der Waals surface area (Å²) in [5, 5.41) is 0.760. The van der Waals surface area contributed by atoms with Crippen molar-refractivity contribution in [2.45, 2.75) is 32.4 Å². The lowest BCUT2D eigenvalue weighted by Crippen LogP contribution is -2.42. The van der Waals surface area contributed by atoms with Crippen molar-refractivity contribution in [2.75, 3.05) is 13.1 Å². The zero-order chi connectivity index (χ0) is 12.3. The van der Waals surface area contributed by atoms with Crippen LogP contribution in [0.3, 0.4) is 0 Å². The Morgan fingerprint density at radius 1 is 1.65 bits per heavy atom. The number of nitrogens with two attached hydrogens (primary N) is 1. The summed E-state index contributed by atoms with van der Waals surface area (Å²) in [5.74, 6) is 0.614. The lowest BCUT2D eigenvalue weighted by molar-refractivity contribution is 0.153. The summed E-state index contributed by atoms with van der Waals surface area (Å²) in [6, 6.07) is 4.04. The summed E-state index contributed by atoms with van der Waals surface area (Å²) in [5.41, 5.74) is 7.03. The first-order valence-electron chi connectivity index (χ1n) is 6.23. The van der Waals surface area contributed by atoms with Crippen LogP contribution in [0.4, 0.5) is 0 Å². The first-order valence-corrected chi connectivity index (χ1v) is 6.61. The molecule has 1 aromatic heterocycles. The average molecular weight is 254 g/mol. The Kier molecular flexibility index (Phi) is 4.37. The maximum Gasteiger partial charge on any atom is 0.0558 e. The Hall–Kier alpha value is -0.640. The molecule has 1 fully saturated rings. The highest BCUT2D eigenvalue weighted by Gasteiger charge is 2.22. The van der Waals surface area contributed by atoms with E-state index in [-0.39, 0.29) is 6.04 Å². The molecule has 94 valence electrons. The summed E-state index contributed by atoms with van der Waals surface area (Å²) in [6.45, 7) is 5.19. The summed E-state index contributed by atoms with van der Waals surface area (Å²) in [4.78, 5) is 6.77. The summed E-state index contributed by atoms with van der Waals surface area (Å²) in [7, 11) is 0. The third-order valence-corrected chi connectivity index (χ3v) is 3.68. The molecular weight excluding hydrogens is 234 g/mol. The minimum absolute atomic E-state index is 0.283. The van der Waals surface area contributed by atoms with Crippen molar-refractivity contribution in [3.63, 3.8) is 0 Å². The van der Waals surface area contributed by atoms with Crippen molar-refractivity contribution < 1.29 is 0 Å². The van der Waals surface area contributed by atoms with Gasteiger partial charge in [-0.15, -0.1) is 0 Å². The van der Waals surface area contributed by atoms with E-state index in [1.165, 1.54) is 12.8 Å². The van der Waals surface area contributed by atoms with Crippen molar-refractivity contribution >= 4 is 11.6 Å². The van der Waals surface area contributed by atoms with Crippen LogP contribution in [0.1, 0.15) is 25.5 Å². The van der Waals surface area contributed by atoms with Crippen LogP contribution in [0.2, 0.25) is 5.02 Å². The molecule has 2 heterocycles. The number of aromatic nitrogens is 1. The SMILES string of the molecule is CC(N)C1CCCN(Cc2cc(Cl)ccn2)C1. The van der Waals surface area contributed by atoms with E-state index in [1.54, 1.807) is 6.20 Å². The maximum atomic E-state index is 5.98. The zero-order valence-electron chi connectivity index (χ0n) is 10.3. The van der Waals surface area contributed by atoms with Gasteiger partial charge in [-0.05, 0) is 44.4 Å². The lowest BCUT2D eigenvalue weighted by Gasteiger charge is -2.34. The molecule has 2 atom stereocenters. The molecule has 0 spiro atoms. The Balaban J connectivity index is 1.94. The van der Waals surface area contributed by atoms with Crippen LogP contribution in [0.25, 0.3) is 0 Å². The van der Waals surface area contributed by atoms with Gasteiger partial charge in [-0.2, -0.15) is 0 Å². The van der Waals surface area contributed by atoms with E-state index in [9.17, 15) is 0 Å². The fourth-order valence-corrected chi connectivity index (χ4v) is 2.61. The second kappa shape index (κ2) is 5.80. The number of rotatable bonds is 3. The molecule has 0 bridgehead atoms. The fraction of sp³-hybridized carbons (Fsp3) is 0.615. The molecular formula is C13H20ClN3. The number of pyridine rings is 1. The Morgan fingerprint density at radius 2 is 2.47 bits per heavy atom. The zero-order valence-corrected chi connectivity index (χ0v) is 11.0. The highest BCUT2D eigenvalue weighted by atomic mass is 35.5. The van der Waals surface area contributed by atoms with Gasteiger partial charge in [0.1, 0.15) is 0 Å². The van der Waals surface area contributed by atoms with Crippen molar-refractivity contribution in [1.82, 2.24) is 9.88 Å². The molecule has 1 aliphatic rings. The lowest BCUT2D eigenvalue weighted by atomic mass is 9.92. The van der Waals surface area contributed by atoms with E-state index in [1.807, 2.05) is 12.1 Å². The van der Waals surface area contributed by atoms with Gasteiger partial charge in [0.25, 0.3) is 0 Å². The minimum atomic E-state index is 0.283. The van der Waals surface area contributed by atoms with E-state index < -0.39 is 0 Å². The van der Waals surface area contributed by atoms with Gasteiger partial charge in [-0.3, -0.25) is 9.88 Å². The normalized spacial score (nSPS) is 23.6. The first kappa shape index (κ1) is 12.8. The third kappa shape index (κ3) is 3.66. The molecule has 2 rings (SSSR count). The monoisotopic (exact) mass is 253 g/mol. The van der Waals surface area contributed by atoms with Gasteiger partial charge in [-0.1, -0.05) is 11.6 Å². The average Bonchev–Trinajstić information content (AvgIpc) is 2.29. The van der Waals surface area contributed by atoms with Gasteiger partial charge in [0.2, 0.25) is 0 Å². The molecule has 0 aromatic carbocycles. The van der Waals surface area contributed by atoms with Crippen LogP contribution in [-0.2, 0) is 6.54 Å². The quantitative estimate of drug-likeness (QED) is 0.899. The summed E-state index contributed by atoms with van der Waals surface area (Å²) >= 11 is 5.96.